The summed E-state index contributed by atoms with van der Waals surface area (Å²) < 4.78 is 22.8. The van der Waals surface area contributed by atoms with Crippen LogP contribution >= 0.6 is 15.9 Å². The van der Waals surface area contributed by atoms with Crippen molar-refractivity contribution in [3.8, 4) is 11.5 Å². The fourth-order valence-corrected chi connectivity index (χ4v) is 3.70. The van der Waals surface area contributed by atoms with Crippen LogP contribution in [-0.4, -0.2) is 25.0 Å². The molecular weight excluding hydrogens is 463 g/mol. The monoisotopic (exact) mass is 478 g/mol. The van der Waals surface area contributed by atoms with Gasteiger partial charge in [-0.05, 0) is 70.9 Å². The summed E-state index contributed by atoms with van der Waals surface area (Å²) in [5, 5.41) is 11.6. The van der Waals surface area contributed by atoms with Gasteiger partial charge in [0.15, 0.2) is 5.82 Å². The number of hydrogen-bond donors (Lipinski definition) is 1. The van der Waals surface area contributed by atoms with E-state index >= 15 is 0 Å². The highest BCUT2D eigenvalue weighted by Gasteiger charge is 2.13. The maximum Gasteiger partial charge on any atom is 0.150 e. The maximum atomic E-state index is 14.7. The molecule has 0 bridgehead atoms. The normalized spacial score (nSPS) is 11.2. The van der Waals surface area contributed by atoms with E-state index < -0.39 is 5.82 Å². The van der Waals surface area contributed by atoms with Crippen molar-refractivity contribution in [2.75, 3.05) is 5.32 Å². The van der Waals surface area contributed by atoms with E-state index in [9.17, 15) is 4.39 Å². The fraction of sp³-hybridized carbons (Fsp3) is 0.0909. The molecule has 0 atom stereocenters. The molecule has 0 aliphatic heterocycles. The van der Waals surface area contributed by atoms with E-state index in [0.29, 0.717) is 32.7 Å². The first-order chi connectivity index (χ1) is 15.0. The number of benzene rings is 3. The summed E-state index contributed by atoms with van der Waals surface area (Å²) in [6.07, 6.45) is 1.41. The van der Waals surface area contributed by atoms with Crippen LogP contribution in [0.2, 0.25) is 0 Å². The Kier molecular flexibility index (Phi) is 4.74. The third kappa shape index (κ3) is 3.57. The van der Waals surface area contributed by atoms with E-state index in [1.54, 1.807) is 16.8 Å². The predicted molar refractivity (Wildman–Crippen MR) is 120 cm³/mol. The number of nitrogens with one attached hydrogen (secondary N) is 1. The lowest BCUT2D eigenvalue weighted by Gasteiger charge is -2.13. The number of nitrogens with zero attached hydrogens (tertiary/aromatic N) is 5. The minimum absolute atomic E-state index is 0.326. The van der Waals surface area contributed by atoms with Gasteiger partial charge in [0.05, 0.1) is 20.9 Å². The van der Waals surface area contributed by atoms with Crippen LogP contribution in [0.4, 0.5) is 15.9 Å². The lowest BCUT2D eigenvalue weighted by Crippen LogP contribution is -1.99. The molecule has 0 fully saturated rings. The molecule has 0 unspecified atom stereocenters. The summed E-state index contributed by atoms with van der Waals surface area (Å²) in [6.45, 7) is 1.94. The molecule has 5 rings (SSSR count). The molecule has 0 spiro atoms. The van der Waals surface area contributed by atoms with Crippen molar-refractivity contribution in [1.82, 2.24) is 25.0 Å². The average Bonchev–Trinajstić information content (AvgIpc) is 3.13. The van der Waals surface area contributed by atoms with Crippen LogP contribution in [0.1, 0.15) is 5.56 Å². The number of aryl methyl sites for hydroxylation is 2. The molecule has 1 N–H and O–H groups in total. The molecule has 0 saturated carbocycles. The van der Waals surface area contributed by atoms with Crippen molar-refractivity contribution in [2.45, 2.75) is 6.92 Å². The number of anilines is 2. The number of fused-ring (bicyclic) bond motifs is 2. The van der Waals surface area contributed by atoms with E-state index in [-0.39, 0.29) is 0 Å². The largest absolute Gasteiger partial charge is 0.457 e. The van der Waals surface area contributed by atoms with Crippen molar-refractivity contribution >= 4 is 49.4 Å². The summed E-state index contributed by atoms with van der Waals surface area (Å²) >= 11 is 3.22. The molecular formula is C22H16BrFN6O. The zero-order valence-corrected chi connectivity index (χ0v) is 18.2. The quantitative estimate of drug-likeness (QED) is 0.359. The first-order valence-corrected chi connectivity index (χ1v) is 10.2. The van der Waals surface area contributed by atoms with E-state index in [2.05, 4.69) is 41.5 Å². The third-order valence-corrected chi connectivity index (χ3v) is 5.55. The average molecular weight is 479 g/mol. The first kappa shape index (κ1) is 19.4. The molecule has 0 radical (unpaired) electrons. The van der Waals surface area contributed by atoms with E-state index in [4.69, 9.17) is 4.74 Å². The van der Waals surface area contributed by atoms with Crippen molar-refractivity contribution in [3.05, 3.63) is 70.7 Å². The molecule has 0 amide bonds. The van der Waals surface area contributed by atoms with Gasteiger partial charge in [0.25, 0.3) is 0 Å². The standard InChI is InChI=1S/C22H16BrFN6O/c1-12-9-13(27-22-20-16(25-11-26-22)6-5-15(23)21(20)24)3-8-19(12)31-14-4-7-18-17(10-14)28-29-30(18)2/h3-11H,1-2H3,(H,25,26,27). The molecule has 9 heteroatoms. The van der Waals surface area contributed by atoms with Gasteiger partial charge in [-0.2, -0.15) is 0 Å². The van der Waals surface area contributed by atoms with Gasteiger partial charge in [0, 0.05) is 18.8 Å². The predicted octanol–water partition coefficient (Wildman–Crippen LogP) is 5.66. The Labute approximate surface area is 185 Å². The number of ether oxygens (including phenoxy) is 1. The van der Waals surface area contributed by atoms with E-state index in [1.165, 1.54) is 6.33 Å². The van der Waals surface area contributed by atoms with Gasteiger partial charge in [0.2, 0.25) is 0 Å². The highest BCUT2D eigenvalue weighted by atomic mass is 79.9. The zero-order valence-electron chi connectivity index (χ0n) is 16.6. The molecule has 0 saturated heterocycles. The second-order valence-corrected chi connectivity index (χ2v) is 7.90. The molecule has 3 aromatic carbocycles. The molecule has 154 valence electrons. The first-order valence-electron chi connectivity index (χ1n) is 9.43. The molecule has 7 nitrogen and oxygen atoms in total. The van der Waals surface area contributed by atoms with Crippen LogP contribution in [0, 0.1) is 12.7 Å². The highest BCUT2D eigenvalue weighted by Crippen LogP contribution is 2.32. The van der Waals surface area contributed by atoms with Gasteiger partial charge >= 0.3 is 0 Å². The summed E-state index contributed by atoms with van der Waals surface area (Å²) in [4.78, 5) is 8.37. The minimum atomic E-state index is -0.406. The Bertz CT molecular complexity index is 1450. The Morgan fingerprint density at radius 3 is 2.74 bits per heavy atom. The van der Waals surface area contributed by atoms with Crippen LogP contribution in [0.3, 0.4) is 0 Å². The Balaban J connectivity index is 1.43. The van der Waals surface area contributed by atoms with Crippen LogP contribution in [0.5, 0.6) is 11.5 Å². The summed E-state index contributed by atoms with van der Waals surface area (Å²) in [7, 11) is 1.84. The Morgan fingerprint density at radius 2 is 1.90 bits per heavy atom. The molecule has 0 aliphatic rings. The lowest BCUT2D eigenvalue weighted by molar-refractivity contribution is 0.479. The minimum Gasteiger partial charge on any atom is -0.457 e. The van der Waals surface area contributed by atoms with Gasteiger partial charge in [-0.15, -0.1) is 5.10 Å². The second-order valence-electron chi connectivity index (χ2n) is 7.05. The number of rotatable bonds is 4. The van der Waals surface area contributed by atoms with Crippen LogP contribution in [0.25, 0.3) is 21.9 Å². The van der Waals surface area contributed by atoms with Crippen molar-refractivity contribution in [2.24, 2.45) is 7.05 Å². The number of halogens is 2. The fourth-order valence-electron chi connectivity index (χ4n) is 3.37. The van der Waals surface area contributed by atoms with Crippen molar-refractivity contribution in [3.63, 3.8) is 0 Å². The number of hydrogen-bond acceptors (Lipinski definition) is 6. The maximum absolute atomic E-state index is 14.7. The summed E-state index contributed by atoms with van der Waals surface area (Å²) in [5.74, 6) is 1.36. The van der Waals surface area contributed by atoms with Gasteiger partial charge in [0.1, 0.15) is 29.2 Å². The van der Waals surface area contributed by atoms with Gasteiger partial charge < -0.3 is 10.1 Å². The molecule has 2 aromatic heterocycles. The van der Waals surface area contributed by atoms with Crippen LogP contribution in [-0.2, 0) is 7.05 Å². The molecule has 0 aliphatic carbocycles. The van der Waals surface area contributed by atoms with Gasteiger partial charge in [-0.3, -0.25) is 0 Å². The van der Waals surface area contributed by atoms with Crippen molar-refractivity contribution in [1.29, 1.82) is 0 Å². The van der Waals surface area contributed by atoms with Gasteiger partial charge in [-0.1, -0.05) is 5.21 Å². The zero-order chi connectivity index (χ0) is 21.5. The number of aromatic nitrogens is 5. The second kappa shape index (κ2) is 7.59. The van der Waals surface area contributed by atoms with Crippen LogP contribution in [0.15, 0.2) is 59.3 Å². The molecule has 31 heavy (non-hydrogen) atoms. The molecule has 5 aromatic rings. The lowest BCUT2D eigenvalue weighted by atomic mass is 10.2. The van der Waals surface area contributed by atoms with E-state index in [0.717, 1.165) is 22.3 Å². The van der Waals surface area contributed by atoms with Crippen molar-refractivity contribution < 1.29 is 9.13 Å². The molecule has 2 heterocycles. The SMILES string of the molecule is Cc1cc(Nc2ncnc3ccc(Br)c(F)c23)ccc1Oc1ccc2c(c1)nnn2C. The van der Waals surface area contributed by atoms with Gasteiger partial charge in [-0.25, -0.2) is 19.0 Å². The summed E-state index contributed by atoms with van der Waals surface area (Å²) in [6, 6.07) is 14.6. The Hall–Kier alpha value is -3.59. The smallest absolute Gasteiger partial charge is 0.150 e. The Morgan fingerprint density at radius 1 is 1.03 bits per heavy atom. The topological polar surface area (TPSA) is 77.8 Å². The van der Waals surface area contributed by atoms with E-state index in [1.807, 2.05) is 50.4 Å². The van der Waals surface area contributed by atoms with Crippen LogP contribution < -0.4 is 10.1 Å². The summed E-state index contributed by atoms with van der Waals surface area (Å²) in [5.41, 5.74) is 3.88. The highest BCUT2D eigenvalue weighted by molar-refractivity contribution is 9.10. The third-order valence-electron chi connectivity index (χ3n) is 4.94.